The van der Waals surface area contributed by atoms with E-state index in [1.807, 2.05) is 6.92 Å². The lowest BCUT2D eigenvalue weighted by Crippen LogP contribution is -2.34. The topological polar surface area (TPSA) is 126 Å². The van der Waals surface area contributed by atoms with Gasteiger partial charge in [-0.05, 0) is 13.3 Å². The molecule has 174 valence electrons. The summed E-state index contributed by atoms with van der Waals surface area (Å²) in [6, 6.07) is 6.00. The monoisotopic (exact) mass is 448 g/mol. The molecule has 0 aliphatic carbocycles. The standard InChI is InChI=1S/C22H28N2O8/c1-5-16-20(22(26)32-13-11-30-4)19(15-8-6-7-9-17(15)24(27)28)18(14(2)23-16)21(25)31-12-10-29-3/h6-9,19,23H,5,10-13H2,1-4H3. The van der Waals surface area contributed by atoms with E-state index in [1.165, 1.54) is 32.4 Å². The maximum absolute atomic E-state index is 13.1. The molecule has 1 unspecified atom stereocenters. The van der Waals surface area contributed by atoms with E-state index in [0.717, 1.165) is 0 Å². The van der Waals surface area contributed by atoms with Crippen LogP contribution in [0.2, 0.25) is 0 Å². The molecular formula is C22H28N2O8. The molecule has 0 fully saturated rings. The Morgan fingerprint density at radius 1 is 1.00 bits per heavy atom. The summed E-state index contributed by atoms with van der Waals surface area (Å²) >= 11 is 0. The van der Waals surface area contributed by atoms with Crippen LogP contribution in [0.5, 0.6) is 0 Å². The Hall–Kier alpha value is -3.24. The van der Waals surface area contributed by atoms with Crippen molar-refractivity contribution in [2.24, 2.45) is 0 Å². The van der Waals surface area contributed by atoms with Crippen molar-refractivity contribution >= 4 is 17.6 Å². The highest BCUT2D eigenvalue weighted by Crippen LogP contribution is 2.43. The molecule has 32 heavy (non-hydrogen) atoms. The van der Waals surface area contributed by atoms with Gasteiger partial charge in [0.25, 0.3) is 5.69 Å². The summed E-state index contributed by atoms with van der Waals surface area (Å²) in [4.78, 5) is 37.4. The molecule has 0 spiro atoms. The third kappa shape index (κ3) is 5.71. The van der Waals surface area contributed by atoms with Crippen LogP contribution in [-0.4, -0.2) is 57.5 Å². The second kappa shape index (κ2) is 12.0. The van der Waals surface area contributed by atoms with Gasteiger partial charge in [0, 0.05) is 37.2 Å². The maximum Gasteiger partial charge on any atom is 0.336 e. The Bertz CT molecular complexity index is 922. The third-order valence-corrected chi connectivity index (χ3v) is 4.92. The van der Waals surface area contributed by atoms with Crippen LogP contribution in [0.3, 0.4) is 0 Å². The van der Waals surface area contributed by atoms with Crippen molar-refractivity contribution in [2.45, 2.75) is 26.2 Å². The second-order valence-corrected chi connectivity index (χ2v) is 6.92. The molecule has 0 saturated heterocycles. The molecule has 10 heteroatoms. The molecule has 0 amide bonds. The minimum atomic E-state index is -1.04. The fraction of sp³-hybridized carbons (Fsp3) is 0.455. The molecule has 0 aromatic heterocycles. The van der Waals surface area contributed by atoms with Gasteiger partial charge in [0.1, 0.15) is 13.2 Å². The van der Waals surface area contributed by atoms with Gasteiger partial charge in [0.2, 0.25) is 0 Å². The lowest BCUT2D eigenvalue weighted by atomic mass is 9.79. The molecule has 10 nitrogen and oxygen atoms in total. The van der Waals surface area contributed by atoms with Crippen molar-refractivity contribution < 1.29 is 33.5 Å². The Labute approximate surface area is 186 Å². The summed E-state index contributed by atoms with van der Waals surface area (Å²) in [6.45, 7) is 3.85. The van der Waals surface area contributed by atoms with Gasteiger partial charge in [-0.1, -0.05) is 25.1 Å². The Balaban J connectivity index is 2.65. The number of carbonyl (C=O) groups excluding carboxylic acids is 2. The van der Waals surface area contributed by atoms with Crippen LogP contribution in [-0.2, 0) is 28.5 Å². The highest BCUT2D eigenvalue weighted by atomic mass is 16.6. The largest absolute Gasteiger partial charge is 0.460 e. The van der Waals surface area contributed by atoms with E-state index >= 15 is 0 Å². The minimum Gasteiger partial charge on any atom is -0.460 e. The van der Waals surface area contributed by atoms with Gasteiger partial charge in [-0.15, -0.1) is 0 Å². The molecule has 2 rings (SSSR count). The van der Waals surface area contributed by atoms with Crippen LogP contribution < -0.4 is 5.32 Å². The van der Waals surface area contributed by atoms with E-state index in [9.17, 15) is 19.7 Å². The summed E-state index contributed by atoms with van der Waals surface area (Å²) in [6.07, 6.45) is 0.412. The number of rotatable bonds is 11. The van der Waals surface area contributed by atoms with Crippen LogP contribution in [0.15, 0.2) is 46.8 Å². The predicted molar refractivity (Wildman–Crippen MR) is 115 cm³/mol. The van der Waals surface area contributed by atoms with Gasteiger partial charge in [-0.25, -0.2) is 9.59 Å². The number of hydrogen-bond acceptors (Lipinski definition) is 9. The van der Waals surface area contributed by atoms with Crippen molar-refractivity contribution in [3.63, 3.8) is 0 Å². The minimum absolute atomic E-state index is 0.00422. The Morgan fingerprint density at radius 3 is 2.09 bits per heavy atom. The summed E-state index contributed by atoms with van der Waals surface area (Å²) in [5.74, 6) is -2.44. The molecule has 1 aliphatic rings. The first-order chi connectivity index (χ1) is 15.4. The summed E-state index contributed by atoms with van der Waals surface area (Å²) < 4.78 is 20.5. The van der Waals surface area contributed by atoms with Crippen LogP contribution in [0, 0.1) is 10.1 Å². The normalized spacial score (nSPS) is 15.9. The average Bonchev–Trinajstić information content (AvgIpc) is 2.78. The molecule has 0 radical (unpaired) electrons. The van der Waals surface area contributed by atoms with E-state index in [-0.39, 0.29) is 48.8 Å². The van der Waals surface area contributed by atoms with Crippen LogP contribution in [0.4, 0.5) is 5.69 Å². The van der Waals surface area contributed by atoms with Crippen molar-refractivity contribution in [3.05, 3.63) is 62.5 Å². The molecule has 1 aromatic rings. The first-order valence-electron chi connectivity index (χ1n) is 10.1. The fourth-order valence-corrected chi connectivity index (χ4v) is 3.49. The maximum atomic E-state index is 13.1. The first kappa shape index (κ1) is 25.0. The number of para-hydroxylation sites is 1. The number of allylic oxidation sites excluding steroid dienone is 2. The van der Waals surface area contributed by atoms with Crippen molar-refractivity contribution in [2.75, 3.05) is 40.6 Å². The van der Waals surface area contributed by atoms with E-state index in [1.54, 1.807) is 13.0 Å². The van der Waals surface area contributed by atoms with E-state index in [4.69, 9.17) is 18.9 Å². The SMILES string of the molecule is CCC1=C(C(=O)OCCOC)C(c2ccccc2[N+](=O)[O-])C(C(=O)OCCOC)=C(C)N1. The number of dihydropyridines is 1. The van der Waals surface area contributed by atoms with Crippen LogP contribution in [0.1, 0.15) is 31.7 Å². The van der Waals surface area contributed by atoms with Gasteiger partial charge >= 0.3 is 11.9 Å². The fourth-order valence-electron chi connectivity index (χ4n) is 3.49. The van der Waals surface area contributed by atoms with Crippen molar-refractivity contribution in [3.8, 4) is 0 Å². The van der Waals surface area contributed by atoms with Crippen LogP contribution >= 0.6 is 0 Å². The van der Waals surface area contributed by atoms with Gasteiger partial charge in [0.15, 0.2) is 0 Å². The van der Waals surface area contributed by atoms with Gasteiger partial charge < -0.3 is 24.3 Å². The smallest absolute Gasteiger partial charge is 0.336 e. The number of nitrogens with zero attached hydrogens (tertiary/aromatic N) is 1. The molecular weight excluding hydrogens is 420 g/mol. The van der Waals surface area contributed by atoms with Gasteiger partial charge in [-0.2, -0.15) is 0 Å². The zero-order valence-electron chi connectivity index (χ0n) is 18.6. The molecule has 1 heterocycles. The number of nitro benzene ring substituents is 1. The number of nitrogens with one attached hydrogen (secondary N) is 1. The Morgan fingerprint density at radius 2 is 1.56 bits per heavy atom. The quantitative estimate of drug-likeness (QED) is 0.235. The average molecular weight is 448 g/mol. The molecule has 1 N–H and O–H groups in total. The highest BCUT2D eigenvalue weighted by Gasteiger charge is 2.41. The van der Waals surface area contributed by atoms with Gasteiger partial charge in [0.05, 0.1) is 35.2 Å². The predicted octanol–water partition coefficient (Wildman–Crippen LogP) is 2.60. The number of esters is 2. The van der Waals surface area contributed by atoms with E-state index in [2.05, 4.69) is 5.32 Å². The zero-order valence-corrected chi connectivity index (χ0v) is 18.6. The van der Waals surface area contributed by atoms with Gasteiger partial charge in [-0.3, -0.25) is 10.1 Å². The number of methoxy groups -OCH3 is 2. The second-order valence-electron chi connectivity index (χ2n) is 6.92. The van der Waals surface area contributed by atoms with E-state index < -0.39 is 22.8 Å². The molecule has 0 bridgehead atoms. The van der Waals surface area contributed by atoms with Crippen molar-refractivity contribution in [1.82, 2.24) is 5.32 Å². The number of nitro groups is 1. The Kier molecular flexibility index (Phi) is 9.36. The number of carbonyl (C=O) groups is 2. The highest BCUT2D eigenvalue weighted by molar-refractivity contribution is 6.00. The number of ether oxygens (including phenoxy) is 4. The lowest BCUT2D eigenvalue weighted by molar-refractivity contribution is -0.385. The first-order valence-corrected chi connectivity index (χ1v) is 10.1. The lowest BCUT2D eigenvalue weighted by Gasteiger charge is -2.31. The van der Waals surface area contributed by atoms with E-state index in [0.29, 0.717) is 17.8 Å². The number of benzene rings is 1. The molecule has 1 atom stereocenters. The third-order valence-electron chi connectivity index (χ3n) is 4.92. The van der Waals surface area contributed by atoms with Crippen molar-refractivity contribution in [1.29, 1.82) is 0 Å². The zero-order chi connectivity index (χ0) is 23.7. The summed E-state index contributed by atoms with van der Waals surface area (Å²) in [5.41, 5.74) is 1.17. The number of hydrogen-bond donors (Lipinski definition) is 1. The van der Waals surface area contributed by atoms with Crippen LogP contribution in [0.25, 0.3) is 0 Å². The molecule has 1 aliphatic heterocycles. The molecule has 1 aromatic carbocycles. The summed E-state index contributed by atoms with van der Waals surface area (Å²) in [7, 11) is 2.95. The summed E-state index contributed by atoms with van der Waals surface area (Å²) in [5, 5.41) is 14.8. The molecule has 0 saturated carbocycles.